The Kier molecular flexibility index (Phi) is 7.11. The zero-order chi connectivity index (χ0) is 24.4. The van der Waals surface area contributed by atoms with Gasteiger partial charge in [-0.3, -0.25) is 9.36 Å². The summed E-state index contributed by atoms with van der Waals surface area (Å²) in [6.07, 6.45) is -1.65. The highest BCUT2D eigenvalue weighted by atomic mass is 32.2. The lowest BCUT2D eigenvalue weighted by atomic mass is 9.98. The molecule has 0 amide bonds. The maximum absolute atomic E-state index is 13.1. The molecule has 9 heteroatoms. The summed E-state index contributed by atoms with van der Waals surface area (Å²) in [5.41, 5.74) is 2.16. The smallest absolute Gasteiger partial charge is 0.493 e. The van der Waals surface area contributed by atoms with E-state index in [0.717, 1.165) is 28.6 Å². The third kappa shape index (κ3) is 6.77. The molecule has 0 atom stereocenters. The standard InChI is InChI=1S/C24H25F3N2O3S/c1-15-13-20(31-14-23(3,4)5)16(2)12-19(15)29-11-10-28-21(22(29)30)33-18-8-6-17(7-9-18)32-24(25,26)27/h6-13H,14H2,1-5H3. The molecule has 0 unspecified atom stereocenters. The summed E-state index contributed by atoms with van der Waals surface area (Å²) in [7, 11) is 0. The Morgan fingerprint density at radius 2 is 1.70 bits per heavy atom. The first kappa shape index (κ1) is 24.7. The minimum atomic E-state index is -4.76. The van der Waals surface area contributed by atoms with Crippen LogP contribution in [0.5, 0.6) is 11.5 Å². The number of rotatable bonds is 6. The van der Waals surface area contributed by atoms with Gasteiger partial charge in [0.05, 0.1) is 12.3 Å². The van der Waals surface area contributed by atoms with Crippen LogP contribution in [0, 0.1) is 19.3 Å². The van der Waals surface area contributed by atoms with Crippen LogP contribution < -0.4 is 15.0 Å². The number of benzene rings is 2. The van der Waals surface area contributed by atoms with Crippen LogP contribution in [0.3, 0.4) is 0 Å². The number of halogens is 3. The highest BCUT2D eigenvalue weighted by Gasteiger charge is 2.31. The van der Waals surface area contributed by atoms with Crippen LogP contribution in [0.4, 0.5) is 13.2 Å². The fraction of sp³-hybridized carbons (Fsp3) is 0.333. The number of aromatic nitrogens is 2. The second-order valence-electron chi connectivity index (χ2n) is 8.78. The van der Waals surface area contributed by atoms with Gasteiger partial charge in [-0.25, -0.2) is 4.98 Å². The number of hydrogen-bond acceptors (Lipinski definition) is 5. The number of nitrogens with zero attached hydrogens (tertiary/aromatic N) is 2. The molecule has 0 aliphatic rings. The quantitative estimate of drug-likeness (QED) is 0.415. The van der Waals surface area contributed by atoms with E-state index < -0.39 is 6.36 Å². The van der Waals surface area contributed by atoms with E-state index in [4.69, 9.17) is 4.74 Å². The van der Waals surface area contributed by atoms with E-state index in [1.807, 2.05) is 26.0 Å². The molecule has 0 aliphatic carbocycles. The van der Waals surface area contributed by atoms with Crippen molar-refractivity contribution in [3.63, 3.8) is 0 Å². The van der Waals surface area contributed by atoms with Gasteiger partial charge in [0.2, 0.25) is 0 Å². The second-order valence-corrected chi connectivity index (χ2v) is 9.84. The van der Waals surface area contributed by atoms with Crippen molar-refractivity contribution in [1.82, 2.24) is 9.55 Å². The Labute approximate surface area is 194 Å². The molecule has 3 aromatic rings. The lowest BCUT2D eigenvalue weighted by Gasteiger charge is -2.21. The highest BCUT2D eigenvalue weighted by Crippen LogP contribution is 2.30. The van der Waals surface area contributed by atoms with Gasteiger partial charge in [-0.05, 0) is 66.8 Å². The van der Waals surface area contributed by atoms with Crippen LogP contribution >= 0.6 is 11.8 Å². The Hall–Kier alpha value is -2.94. The molecule has 0 N–H and O–H groups in total. The average molecular weight is 479 g/mol. The predicted molar refractivity (Wildman–Crippen MR) is 122 cm³/mol. The van der Waals surface area contributed by atoms with E-state index in [9.17, 15) is 18.0 Å². The van der Waals surface area contributed by atoms with E-state index in [2.05, 4.69) is 30.5 Å². The fourth-order valence-corrected chi connectivity index (χ4v) is 3.75. The molecule has 1 heterocycles. The molecule has 1 aromatic heterocycles. The van der Waals surface area contributed by atoms with Crippen molar-refractivity contribution in [3.05, 3.63) is 70.3 Å². The first-order chi connectivity index (χ1) is 15.3. The SMILES string of the molecule is Cc1cc(-n2ccnc(Sc3ccc(OC(F)(F)F)cc3)c2=O)c(C)cc1OCC(C)(C)C. The van der Waals surface area contributed by atoms with Crippen LogP contribution in [0.1, 0.15) is 31.9 Å². The van der Waals surface area contributed by atoms with Gasteiger partial charge in [-0.15, -0.1) is 13.2 Å². The number of alkyl halides is 3. The topological polar surface area (TPSA) is 53.4 Å². The van der Waals surface area contributed by atoms with Crippen molar-refractivity contribution in [2.75, 3.05) is 6.61 Å². The summed E-state index contributed by atoms with van der Waals surface area (Å²) in [4.78, 5) is 17.8. The molecule has 2 aromatic carbocycles. The van der Waals surface area contributed by atoms with Crippen LogP contribution in [-0.2, 0) is 0 Å². The summed E-state index contributed by atoms with van der Waals surface area (Å²) in [5, 5.41) is 0.201. The van der Waals surface area contributed by atoms with E-state index >= 15 is 0 Å². The van der Waals surface area contributed by atoms with Crippen LogP contribution in [0.25, 0.3) is 5.69 Å². The normalized spacial score (nSPS) is 12.0. The first-order valence-electron chi connectivity index (χ1n) is 10.2. The Balaban J connectivity index is 1.86. The van der Waals surface area contributed by atoms with Crippen molar-refractivity contribution in [3.8, 4) is 17.2 Å². The van der Waals surface area contributed by atoms with Gasteiger partial charge >= 0.3 is 6.36 Å². The van der Waals surface area contributed by atoms with Gasteiger partial charge in [-0.2, -0.15) is 0 Å². The molecular formula is C24H25F3N2O3S. The van der Waals surface area contributed by atoms with Crippen molar-refractivity contribution in [2.45, 2.75) is 50.9 Å². The lowest BCUT2D eigenvalue weighted by Crippen LogP contribution is -2.21. The molecule has 0 bridgehead atoms. The second kappa shape index (κ2) is 9.51. The zero-order valence-corrected chi connectivity index (χ0v) is 19.8. The summed E-state index contributed by atoms with van der Waals surface area (Å²) in [6.45, 7) is 10.7. The predicted octanol–water partition coefficient (Wildman–Crippen LogP) is 6.32. The molecule has 0 spiro atoms. The van der Waals surface area contributed by atoms with Gasteiger partial charge in [-0.1, -0.05) is 32.5 Å². The molecule has 0 aliphatic heterocycles. The minimum Gasteiger partial charge on any atom is -0.493 e. The molecule has 3 rings (SSSR count). The van der Waals surface area contributed by atoms with Crippen LogP contribution in [0.15, 0.2) is 63.5 Å². The molecule has 0 radical (unpaired) electrons. The number of ether oxygens (including phenoxy) is 2. The van der Waals surface area contributed by atoms with Gasteiger partial charge in [0.1, 0.15) is 11.5 Å². The van der Waals surface area contributed by atoms with Gasteiger partial charge < -0.3 is 9.47 Å². The molecular weight excluding hydrogens is 453 g/mol. The average Bonchev–Trinajstić information content (AvgIpc) is 2.70. The minimum absolute atomic E-state index is 0.0181. The zero-order valence-electron chi connectivity index (χ0n) is 19.0. The van der Waals surface area contributed by atoms with Gasteiger partial charge in [0.15, 0.2) is 5.03 Å². The van der Waals surface area contributed by atoms with Crippen molar-refractivity contribution in [2.24, 2.45) is 5.41 Å². The number of hydrogen-bond donors (Lipinski definition) is 0. The highest BCUT2D eigenvalue weighted by molar-refractivity contribution is 7.99. The molecule has 0 fully saturated rings. The molecule has 0 saturated heterocycles. The maximum atomic E-state index is 13.1. The Morgan fingerprint density at radius 1 is 1.03 bits per heavy atom. The monoisotopic (exact) mass is 478 g/mol. The van der Waals surface area contributed by atoms with Gasteiger partial charge in [0.25, 0.3) is 5.56 Å². The van der Waals surface area contributed by atoms with E-state index in [-0.39, 0.29) is 21.7 Å². The van der Waals surface area contributed by atoms with Crippen LogP contribution in [-0.4, -0.2) is 22.5 Å². The molecule has 5 nitrogen and oxygen atoms in total. The Morgan fingerprint density at radius 3 is 2.30 bits per heavy atom. The third-order valence-electron chi connectivity index (χ3n) is 4.49. The Bertz CT molecular complexity index is 1180. The number of aryl methyl sites for hydroxylation is 2. The van der Waals surface area contributed by atoms with Crippen molar-refractivity contribution < 1.29 is 22.6 Å². The summed E-state index contributed by atoms with van der Waals surface area (Å²) in [5.74, 6) is 0.439. The van der Waals surface area contributed by atoms with Gasteiger partial charge in [0, 0.05) is 17.3 Å². The van der Waals surface area contributed by atoms with E-state index in [0.29, 0.717) is 17.2 Å². The fourth-order valence-electron chi connectivity index (χ4n) is 2.96. The molecule has 33 heavy (non-hydrogen) atoms. The third-order valence-corrected chi connectivity index (χ3v) is 5.48. The molecule has 0 saturated carbocycles. The first-order valence-corrected chi connectivity index (χ1v) is 11.0. The summed E-state index contributed by atoms with van der Waals surface area (Å²) < 4.78 is 48.4. The van der Waals surface area contributed by atoms with E-state index in [1.165, 1.54) is 35.0 Å². The summed E-state index contributed by atoms with van der Waals surface area (Å²) >= 11 is 1.07. The largest absolute Gasteiger partial charge is 0.573 e. The van der Waals surface area contributed by atoms with E-state index in [1.54, 1.807) is 6.20 Å². The summed E-state index contributed by atoms with van der Waals surface area (Å²) in [6, 6.07) is 9.09. The molecule has 176 valence electrons. The lowest BCUT2D eigenvalue weighted by molar-refractivity contribution is -0.274. The van der Waals surface area contributed by atoms with Crippen molar-refractivity contribution in [1.29, 1.82) is 0 Å². The van der Waals surface area contributed by atoms with Crippen LogP contribution in [0.2, 0.25) is 0 Å². The van der Waals surface area contributed by atoms with Crippen molar-refractivity contribution >= 4 is 11.8 Å². The maximum Gasteiger partial charge on any atom is 0.573 e.